The summed E-state index contributed by atoms with van der Waals surface area (Å²) in [5, 5.41) is 0. The van der Waals surface area contributed by atoms with Crippen LogP contribution in [-0.4, -0.2) is 12.8 Å². The van der Waals surface area contributed by atoms with Gasteiger partial charge in [0.2, 0.25) is 6.79 Å². The normalized spacial score (nSPS) is 11.0. The van der Waals surface area contributed by atoms with Gasteiger partial charge in [-0.3, -0.25) is 0 Å². The van der Waals surface area contributed by atoms with Gasteiger partial charge in [-0.05, 0) is 54.4 Å². The zero-order valence-electron chi connectivity index (χ0n) is 19.7. The van der Waals surface area contributed by atoms with Crippen LogP contribution in [0.4, 0.5) is 0 Å². The molecule has 34 heavy (non-hydrogen) atoms. The third kappa shape index (κ3) is 5.65. The van der Waals surface area contributed by atoms with Crippen molar-refractivity contribution in [3.63, 3.8) is 0 Å². The van der Waals surface area contributed by atoms with Crippen molar-refractivity contribution in [2.45, 2.75) is 26.2 Å². The number of aryl methyl sites for hydroxylation is 1. The molecule has 0 amide bonds. The van der Waals surface area contributed by atoms with E-state index in [0.717, 1.165) is 5.75 Å². The quantitative estimate of drug-likeness (QED) is 0.165. The molecule has 0 unspecified atom stereocenters. The number of esters is 1. The molecule has 0 aliphatic heterocycles. The van der Waals surface area contributed by atoms with Crippen molar-refractivity contribution in [3.8, 4) is 17.2 Å². The molecule has 0 saturated carbocycles. The van der Waals surface area contributed by atoms with Gasteiger partial charge in [0, 0.05) is 11.5 Å². The molecule has 172 valence electrons. The topological polar surface area (TPSA) is 44.8 Å². The van der Waals surface area contributed by atoms with Gasteiger partial charge in [0.25, 0.3) is 0 Å². The van der Waals surface area contributed by atoms with Crippen LogP contribution in [0.3, 0.4) is 0 Å². The maximum absolute atomic E-state index is 12.2. The molecule has 0 saturated heterocycles. The molecule has 0 atom stereocenters. The molecule has 0 heterocycles. The lowest BCUT2D eigenvalue weighted by molar-refractivity contribution is 0.0733. The predicted octanol–water partition coefficient (Wildman–Crippen LogP) is 6.96. The third-order valence-electron chi connectivity index (χ3n) is 5.83. The van der Waals surface area contributed by atoms with E-state index in [0.29, 0.717) is 17.1 Å². The Bertz CT molecular complexity index is 1230. The van der Waals surface area contributed by atoms with Crippen LogP contribution in [0.2, 0.25) is 0 Å². The molecule has 4 aromatic carbocycles. The first-order valence-electron chi connectivity index (χ1n) is 11.2. The highest BCUT2D eigenvalue weighted by Crippen LogP contribution is 2.32. The minimum Gasteiger partial charge on any atom is -0.458 e. The highest BCUT2D eigenvalue weighted by atomic mass is 16.7. The van der Waals surface area contributed by atoms with Gasteiger partial charge in [-0.25, -0.2) is 4.79 Å². The summed E-state index contributed by atoms with van der Waals surface area (Å²) < 4.78 is 16.9. The van der Waals surface area contributed by atoms with Crippen LogP contribution in [0.25, 0.3) is 0 Å². The number of hydrogen-bond acceptors (Lipinski definition) is 4. The fourth-order valence-electron chi connectivity index (χ4n) is 3.64. The molecule has 4 aromatic rings. The van der Waals surface area contributed by atoms with Gasteiger partial charge in [0.15, 0.2) is 0 Å². The monoisotopic (exact) mass is 452 g/mol. The summed E-state index contributed by atoms with van der Waals surface area (Å²) in [7, 11) is 0. The largest absolute Gasteiger partial charge is 0.458 e. The van der Waals surface area contributed by atoms with E-state index in [4.69, 9.17) is 14.2 Å². The van der Waals surface area contributed by atoms with Crippen LogP contribution in [0, 0.1) is 6.92 Å². The molecule has 0 aliphatic carbocycles. The van der Waals surface area contributed by atoms with Crippen LogP contribution >= 0.6 is 0 Å². The standard InChI is InChI=1S/C30H28O4/c1-22-12-14-24(15-13-22)30(2,3)25-16-18-26(19-17-25)32-21-33-27-10-7-11-28(20-27)34-29(31)23-8-5-4-6-9-23/h4-20H,21H2,1-3H3. The van der Waals surface area contributed by atoms with Crippen molar-refractivity contribution >= 4 is 5.97 Å². The SMILES string of the molecule is Cc1ccc(C(C)(C)c2ccc(OCOc3cccc(OC(=O)c4ccccc4)c3)cc2)cc1. The van der Waals surface area contributed by atoms with E-state index < -0.39 is 5.97 Å². The van der Waals surface area contributed by atoms with Crippen molar-refractivity contribution in [1.82, 2.24) is 0 Å². The van der Waals surface area contributed by atoms with E-state index in [9.17, 15) is 4.79 Å². The average molecular weight is 453 g/mol. The molecular weight excluding hydrogens is 424 g/mol. The molecule has 0 fully saturated rings. The molecule has 0 spiro atoms. The summed E-state index contributed by atoms with van der Waals surface area (Å²) in [5.74, 6) is 1.27. The van der Waals surface area contributed by atoms with Gasteiger partial charge in [-0.2, -0.15) is 0 Å². The first kappa shape index (κ1) is 23.1. The van der Waals surface area contributed by atoms with E-state index >= 15 is 0 Å². The molecule has 4 heteroatoms. The summed E-state index contributed by atoms with van der Waals surface area (Å²) in [4.78, 5) is 12.2. The third-order valence-corrected chi connectivity index (χ3v) is 5.83. The van der Waals surface area contributed by atoms with E-state index in [-0.39, 0.29) is 12.2 Å². The van der Waals surface area contributed by atoms with Crippen LogP contribution in [0.1, 0.15) is 40.9 Å². The first-order valence-corrected chi connectivity index (χ1v) is 11.2. The number of hydrogen-bond donors (Lipinski definition) is 0. The smallest absolute Gasteiger partial charge is 0.343 e. The van der Waals surface area contributed by atoms with Crippen molar-refractivity contribution in [1.29, 1.82) is 0 Å². The van der Waals surface area contributed by atoms with Crippen LogP contribution in [0.15, 0.2) is 103 Å². The van der Waals surface area contributed by atoms with Gasteiger partial charge >= 0.3 is 5.97 Å². The first-order chi connectivity index (χ1) is 16.4. The minimum atomic E-state index is -0.414. The minimum absolute atomic E-state index is 0.0385. The zero-order valence-corrected chi connectivity index (χ0v) is 19.7. The van der Waals surface area contributed by atoms with Crippen molar-refractivity contribution in [2.75, 3.05) is 6.79 Å². The van der Waals surface area contributed by atoms with Gasteiger partial charge < -0.3 is 14.2 Å². The van der Waals surface area contributed by atoms with E-state index in [1.54, 1.807) is 48.5 Å². The van der Waals surface area contributed by atoms with Crippen LogP contribution < -0.4 is 14.2 Å². The second-order valence-electron chi connectivity index (χ2n) is 8.65. The lowest BCUT2D eigenvalue weighted by Crippen LogP contribution is -2.18. The predicted molar refractivity (Wildman–Crippen MR) is 134 cm³/mol. The van der Waals surface area contributed by atoms with Crippen molar-refractivity contribution in [2.24, 2.45) is 0 Å². The van der Waals surface area contributed by atoms with E-state index in [2.05, 4.69) is 57.2 Å². The van der Waals surface area contributed by atoms with Crippen molar-refractivity contribution < 1.29 is 19.0 Å². The molecule has 0 bridgehead atoms. The number of benzene rings is 4. The van der Waals surface area contributed by atoms with Gasteiger partial charge in [-0.1, -0.05) is 80.1 Å². The summed E-state index contributed by atoms with van der Waals surface area (Å²) in [6.07, 6.45) is 0. The number of rotatable bonds is 8. The molecule has 4 nitrogen and oxygen atoms in total. The average Bonchev–Trinajstić information content (AvgIpc) is 2.85. The zero-order chi connectivity index (χ0) is 24.0. The second kappa shape index (κ2) is 10.3. The van der Waals surface area contributed by atoms with Gasteiger partial charge in [0.1, 0.15) is 17.2 Å². The van der Waals surface area contributed by atoms with Gasteiger partial charge in [-0.15, -0.1) is 0 Å². The molecule has 0 aliphatic rings. The summed E-state index contributed by atoms with van der Waals surface area (Å²) in [6.45, 7) is 6.57. The molecule has 0 radical (unpaired) electrons. The van der Waals surface area contributed by atoms with Crippen molar-refractivity contribution in [3.05, 3.63) is 125 Å². The summed E-state index contributed by atoms with van der Waals surface area (Å²) >= 11 is 0. The Morgan fingerprint density at radius 1 is 0.676 bits per heavy atom. The molecular formula is C30H28O4. The molecule has 4 rings (SSSR count). The van der Waals surface area contributed by atoms with Crippen LogP contribution in [-0.2, 0) is 5.41 Å². The fraction of sp³-hybridized carbons (Fsp3) is 0.167. The number of carbonyl (C=O) groups excluding carboxylic acids is 1. The molecule has 0 N–H and O–H groups in total. The van der Waals surface area contributed by atoms with Crippen LogP contribution in [0.5, 0.6) is 17.2 Å². The Morgan fingerprint density at radius 3 is 1.94 bits per heavy atom. The highest BCUT2D eigenvalue weighted by molar-refractivity contribution is 5.91. The lowest BCUT2D eigenvalue weighted by Gasteiger charge is -2.26. The maximum Gasteiger partial charge on any atom is 0.343 e. The van der Waals surface area contributed by atoms with E-state index in [1.807, 2.05) is 18.2 Å². The fourth-order valence-corrected chi connectivity index (χ4v) is 3.64. The molecule has 0 aromatic heterocycles. The highest BCUT2D eigenvalue weighted by Gasteiger charge is 2.22. The number of ether oxygens (including phenoxy) is 3. The Balaban J connectivity index is 1.33. The Labute approximate surface area is 200 Å². The summed E-state index contributed by atoms with van der Waals surface area (Å²) in [5.41, 5.74) is 4.11. The summed E-state index contributed by atoms with van der Waals surface area (Å²) in [6, 6.07) is 32.5. The Hall–Kier alpha value is -4.05. The van der Waals surface area contributed by atoms with Gasteiger partial charge in [0.05, 0.1) is 5.56 Å². The Morgan fingerprint density at radius 2 is 1.26 bits per heavy atom. The Kier molecular flexibility index (Phi) is 6.98. The number of carbonyl (C=O) groups is 1. The second-order valence-corrected chi connectivity index (χ2v) is 8.65. The lowest BCUT2D eigenvalue weighted by atomic mass is 9.78. The maximum atomic E-state index is 12.2. The van der Waals surface area contributed by atoms with E-state index in [1.165, 1.54) is 16.7 Å².